The van der Waals surface area contributed by atoms with E-state index < -0.39 is 63.3 Å². The minimum atomic E-state index is -1.49. The van der Waals surface area contributed by atoms with Gasteiger partial charge in [-0.3, -0.25) is 14.4 Å². The van der Waals surface area contributed by atoms with Gasteiger partial charge in [0.05, 0.1) is 30.3 Å². The van der Waals surface area contributed by atoms with E-state index in [9.17, 15) is 28.4 Å². The molecule has 0 aliphatic rings. The fourth-order valence-electron chi connectivity index (χ4n) is 6.64. The fourth-order valence-corrected chi connectivity index (χ4v) is 9.08. The fraction of sp³-hybridized carbons (Fsp3) is 0.543. The van der Waals surface area contributed by atoms with Crippen LogP contribution in [0.1, 0.15) is 50.9 Å². The molecule has 0 aliphatic heterocycles. The van der Waals surface area contributed by atoms with E-state index in [2.05, 4.69) is 71.2 Å². The standard InChI is InChI=1S/C46H68BrF2N5O7SSi2/c1-46(2,3)43(39-26-34(36-27-35(48)16-17-37(36)49)31-53(39)30-33-14-11-10-12-15-33)54(20-13-19-50-45(59)61-22-25-64(7,8)9)42(57)32-62-23-18-40(55)52-38(29-51-41(56)28-47)44(58)60-21-24-63(4,5)6/h10-12,14-17,26-27,31,38,43H,13,18-25,28-30,32H2,1-9H3,(H,50,59)(H,51,56)(H,52,55). The van der Waals surface area contributed by atoms with Gasteiger partial charge in [-0.1, -0.05) is 106 Å². The second-order valence-corrected chi connectivity index (χ2v) is 32.2. The second-order valence-electron chi connectivity index (χ2n) is 19.3. The van der Waals surface area contributed by atoms with E-state index in [1.54, 1.807) is 11.1 Å². The Morgan fingerprint density at radius 3 is 2.16 bits per heavy atom. The molecule has 3 rings (SSSR count). The average Bonchev–Trinajstić information content (AvgIpc) is 3.60. The highest BCUT2D eigenvalue weighted by atomic mass is 79.9. The Balaban J connectivity index is 1.88. The number of nitrogens with one attached hydrogen (secondary N) is 3. The number of esters is 1. The first-order chi connectivity index (χ1) is 30.0. The van der Waals surface area contributed by atoms with Crippen LogP contribution < -0.4 is 16.0 Å². The first-order valence-electron chi connectivity index (χ1n) is 21.7. The van der Waals surface area contributed by atoms with Crippen molar-refractivity contribution in [1.82, 2.24) is 25.4 Å². The average molecular weight is 1010 g/mol. The summed E-state index contributed by atoms with van der Waals surface area (Å²) in [5.41, 5.74) is 1.64. The number of amides is 4. The normalized spacial score (nSPS) is 12.8. The van der Waals surface area contributed by atoms with Gasteiger partial charge in [0.1, 0.15) is 17.7 Å². The van der Waals surface area contributed by atoms with Gasteiger partial charge in [0.15, 0.2) is 0 Å². The van der Waals surface area contributed by atoms with Gasteiger partial charge in [0.2, 0.25) is 17.7 Å². The maximum Gasteiger partial charge on any atom is 0.407 e. The smallest absolute Gasteiger partial charge is 0.407 e. The topological polar surface area (TPSA) is 148 Å². The molecule has 0 spiro atoms. The summed E-state index contributed by atoms with van der Waals surface area (Å²) < 4.78 is 42.7. The van der Waals surface area contributed by atoms with Crippen LogP contribution in [0.15, 0.2) is 60.8 Å². The minimum absolute atomic E-state index is 0.000266. The van der Waals surface area contributed by atoms with E-state index in [4.69, 9.17) is 9.47 Å². The van der Waals surface area contributed by atoms with Gasteiger partial charge in [-0.2, -0.15) is 11.8 Å². The number of alkyl halides is 1. The van der Waals surface area contributed by atoms with E-state index in [-0.39, 0.29) is 66.9 Å². The van der Waals surface area contributed by atoms with Crippen LogP contribution in [-0.4, -0.2) is 111 Å². The summed E-state index contributed by atoms with van der Waals surface area (Å²) in [5, 5.41) is 8.15. The zero-order chi connectivity index (χ0) is 47.7. The van der Waals surface area contributed by atoms with Gasteiger partial charge in [-0.15, -0.1) is 0 Å². The summed E-state index contributed by atoms with van der Waals surface area (Å²) in [5.74, 6) is -2.57. The molecule has 2 unspecified atom stereocenters. The molecule has 1 heterocycles. The number of benzene rings is 2. The predicted octanol–water partition coefficient (Wildman–Crippen LogP) is 8.85. The number of thioether (sulfide) groups is 1. The van der Waals surface area contributed by atoms with Crippen LogP contribution in [0.25, 0.3) is 11.1 Å². The van der Waals surface area contributed by atoms with Crippen molar-refractivity contribution >= 4 is 73.6 Å². The molecular formula is C46H68BrF2N5O7SSi2. The van der Waals surface area contributed by atoms with Gasteiger partial charge in [-0.05, 0) is 53.8 Å². The molecule has 1 aromatic heterocycles. The number of carbonyl (C=O) groups is 5. The number of halogens is 3. The number of hydrogen-bond donors (Lipinski definition) is 3. The van der Waals surface area contributed by atoms with Crippen LogP contribution in [0.4, 0.5) is 13.6 Å². The number of ether oxygens (including phenoxy) is 2. The largest absolute Gasteiger partial charge is 0.464 e. The van der Waals surface area contributed by atoms with Crippen molar-refractivity contribution < 1.29 is 42.2 Å². The van der Waals surface area contributed by atoms with Gasteiger partial charge in [0.25, 0.3) is 0 Å². The molecule has 2 atom stereocenters. The highest BCUT2D eigenvalue weighted by Crippen LogP contribution is 2.41. The highest BCUT2D eigenvalue weighted by Gasteiger charge is 2.37. The van der Waals surface area contributed by atoms with E-state index >= 15 is 4.39 Å². The second kappa shape index (κ2) is 25.6. The predicted molar refractivity (Wildman–Crippen MR) is 261 cm³/mol. The maximum absolute atomic E-state index is 15.3. The lowest BCUT2D eigenvalue weighted by Gasteiger charge is -2.41. The molecule has 0 aliphatic carbocycles. The Hall–Kier alpha value is -4.01. The summed E-state index contributed by atoms with van der Waals surface area (Å²) in [6.07, 6.45) is 1.63. The molecule has 64 heavy (non-hydrogen) atoms. The van der Waals surface area contributed by atoms with Crippen LogP contribution in [-0.2, 0) is 35.2 Å². The van der Waals surface area contributed by atoms with Crippen molar-refractivity contribution in [1.29, 1.82) is 0 Å². The van der Waals surface area contributed by atoms with Crippen LogP contribution in [0.5, 0.6) is 0 Å². The lowest BCUT2D eigenvalue weighted by molar-refractivity contribution is -0.147. The van der Waals surface area contributed by atoms with E-state index in [0.717, 1.165) is 35.9 Å². The molecule has 0 bridgehead atoms. The monoisotopic (exact) mass is 1010 g/mol. The number of rotatable bonds is 25. The van der Waals surface area contributed by atoms with Gasteiger partial charge in [0, 0.05) is 77.5 Å². The first-order valence-corrected chi connectivity index (χ1v) is 31.4. The zero-order valence-electron chi connectivity index (χ0n) is 38.9. The van der Waals surface area contributed by atoms with Crippen molar-refractivity contribution in [3.63, 3.8) is 0 Å². The van der Waals surface area contributed by atoms with Crippen LogP contribution >= 0.6 is 27.7 Å². The number of carbonyl (C=O) groups excluding carboxylic acids is 5. The number of hydrogen-bond acceptors (Lipinski definition) is 8. The molecule has 0 saturated carbocycles. The summed E-state index contributed by atoms with van der Waals surface area (Å²) in [6.45, 7) is 20.4. The molecule has 4 amide bonds. The van der Waals surface area contributed by atoms with Crippen molar-refractivity contribution in [3.8, 4) is 11.1 Å². The van der Waals surface area contributed by atoms with Crippen LogP contribution in [0.3, 0.4) is 0 Å². The number of aromatic nitrogens is 1. The Labute approximate surface area is 392 Å². The van der Waals surface area contributed by atoms with E-state index in [0.29, 0.717) is 30.8 Å². The van der Waals surface area contributed by atoms with Crippen molar-refractivity contribution in [2.75, 3.05) is 49.7 Å². The third kappa shape index (κ3) is 19.6. The highest BCUT2D eigenvalue weighted by molar-refractivity contribution is 9.09. The Bertz CT molecular complexity index is 2010. The molecule has 0 saturated heterocycles. The molecule has 0 fully saturated rings. The van der Waals surface area contributed by atoms with Crippen molar-refractivity contribution in [2.45, 2.75) is 104 Å². The zero-order valence-corrected chi connectivity index (χ0v) is 43.3. The third-order valence-corrected chi connectivity index (χ3v) is 14.9. The van der Waals surface area contributed by atoms with Crippen molar-refractivity contribution in [2.24, 2.45) is 5.41 Å². The molecule has 18 heteroatoms. The Kier molecular flexibility index (Phi) is 21.8. The molecule has 3 aromatic rings. The number of nitrogens with zero attached hydrogens (tertiary/aromatic N) is 2. The minimum Gasteiger partial charge on any atom is -0.464 e. The van der Waals surface area contributed by atoms with Crippen LogP contribution in [0.2, 0.25) is 51.4 Å². The maximum atomic E-state index is 15.3. The molecule has 354 valence electrons. The lowest BCUT2D eigenvalue weighted by Crippen LogP contribution is -2.49. The molecule has 3 N–H and O–H groups in total. The molecule has 12 nitrogen and oxygen atoms in total. The summed E-state index contributed by atoms with van der Waals surface area (Å²) in [6, 6.07) is 14.8. The SMILES string of the molecule is CC(C)(C)C(c1cc(-c2cc(F)ccc2F)cn1Cc1ccccc1)N(CCCNC(=O)OCC[Si](C)(C)C)C(=O)CSCCC(=O)NC(CNC(=O)CBr)C(=O)OCC[Si](C)(C)C. The molecular weight excluding hydrogens is 941 g/mol. The lowest BCUT2D eigenvalue weighted by atomic mass is 9.83. The summed E-state index contributed by atoms with van der Waals surface area (Å²) in [4.78, 5) is 67.0. The van der Waals surface area contributed by atoms with E-state index in [1.807, 2.05) is 61.7 Å². The quantitative estimate of drug-likeness (QED) is 0.0330. The Morgan fingerprint density at radius 2 is 1.53 bits per heavy atom. The number of alkyl carbamates (subject to hydrolysis) is 1. The summed E-state index contributed by atoms with van der Waals surface area (Å²) in [7, 11) is -2.90. The third-order valence-electron chi connectivity index (χ3n) is 10.1. The van der Waals surface area contributed by atoms with Gasteiger partial charge in [-0.25, -0.2) is 18.4 Å². The molecule has 0 radical (unpaired) electrons. The Morgan fingerprint density at radius 1 is 0.875 bits per heavy atom. The molecule has 2 aromatic carbocycles. The van der Waals surface area contributed by atoms with Gasteiger partial charge >= 0.3 is 12.1 Å². The van der Waals surface area contributed by atoms with Crippen molar-refractivity contribution in [3.05, 3.63) is 83.7 Å². The first kappa shape index (κ1) is 54.3. The van der Waals surface area contributed by atoms with Crippen LogP contribution in [0, 0.1) is 17.0 Å². The van der Waals surface area contributed by atoms with E-state index in [1.165, 1.54) is 11.8 Å². The van der Waals surface area contributed by atoms with Gasteiger partial charge < -0.3 is 34.9 Å². The summed E-state index contributed by atoms with van der Waals surface area (Å²) >= 11 is 4.35.